The van der Waals surface area contributed by atoms with Crippen LogP contribution in [0.3, 0.4) is 0 Å². The zero-order valence-electron chi connectivity index (χ0n) is 7.61. The monoisotopic (exact) mass is 253 g/mol. The lowest BCUT2D eigenvalue weighted by Gasteiger charge is -2.06. The van der Waals surface area contributed by atoms with Crippen molar-refractivity contribution in [2.45, 2.75) is 12.5 Å². The molecule has 0 unspecified atom stereocenters. The van der Waals surface area contributed by atoms with E-state index in [9.17, 15) is 9.18 Å². The van der Waals surface area contributed by atoms with Crippen LogP contribution >= 0.6 is 24.0 Å². The molecule has 15 heavy (non-hydrogen) atoms. The summed E-state index contributed by atoms with van der Waals surface area (Å²) in [6, 6.07) is 3.03. The number of hydrogen-bond acceptors (Lipinski definition) is 2. The van der Waals surface area contributed by atoms with Crippen molar-refractivity contribution in [3.05, 3.63) is 34.6 Å². The minimum absolute atomic E-state index is 0. The fraction of sp³-hybridized carbons (Fsp3) is 0.222. The summed E-state index contributed by atoms with van der Waals surface area (Å²) < 4.78 is 12.7. The number of halogens is 3. The minimum Gasteiger partial charge on any atom is -0.480 e. The molecule has 0 aliphatic carbocycles. The third kappa shape index (κ3) is 4.03. The van der Waals surface area contributed by atoms with Gasteiger partial charge in [0, 0.05) is 0 Å². The number of carboxylic acids is 1. The Kier molecular flexibility index (Phi) is 5.57. The third-order valence-electron chi connectivity index (χ3n) is 1.76. The van der Waals surface area contributed by atoms with E-state index in [4.69, 9.17) is 22.4 Å². The normalized spacial score (nSPS) is 11.7. The van der Waals surface area contributed by atoms with Crippen LogP contribution in [0.4, 0.5) is 4.39 Å². The van der Waals surface area contributed by atoms with E-state index >= 15 is 0 Å². The summed E-state index contributed by atoms with van der Waals surface area (Å²) >= 11 is 5.51. The van der Waals surface area contributed by atoms with Crippen molar-refractivity contribution in [3.63, 3.8) is 0 Å². The molecule has 0 saturated heterocycles. The first kappa shape index (κ1) is 14.2. The number of nitrogens with two attached hydrogens (primary N) is 1. The molecule has 1 aromatic carbocycles. The van der Waals surface area contributed by atoms with Gasteiger partial charge in [0.25, 0.3) is 0 Å². The zero-order chi connectivity index (χ0) is 10.7. The van der Waals surface area contributed by atoms with E-state index < -0.39 is 17.8 Å². The minimum atomic E-state index is -1.09. The first-order valence-corrected chi connectivity index (χ1v) is 4.31. The lowest BCUT2D eigenvalue weighted by Crippen LogP contribution is -2.32. The molecule has 0 fully saturated rings. The Morgan fingerprint density at radius 2 is 2.20 bits per heavy atom. The van der Waals surface area contributed by atoms with Gasteiger partial charge in [-0.15, -0.1) is 12.4 Å². The molecule has 0 bridgehead atoms. The Balaban J connectivity index is 0.00000196. The van der Waals surface area contributed by atoms with Gasteiger partial charge in [0.1, 0.15) is 11.9 Å². The van der Waals surface area contributed by atoms with Crippen LogP contribution in [0.15, 0.2) is 18.2 Å². The van der Waals surface area contributed by atoms with Crippen LogP contribution in [-0.4, -0.2) is 17.1 Å². The van der Waals surface area contributed by atoms with Gasteiger partial charge < -0.3 is 10.8 Å². The van der Waals surface area contributed by atoms with Crippen molar-refractivity contribution < 1.29 is 14.3 Å². The standard InChI is InChI=1S/C9H9ClFNO2.ClH/c10-6-3-5(1-2-7(6)11)4-8(12)9(13)14;/h1-3,8H,4,12H2,(H,13,14);1H/t8-;/m0./s1. The predicted octanol–water partition coefficient (Wildman–Crippen LogP) is 1.86. The van der Waals surface area contributed by atoms with Gasteiger partial charge in [-0.1, -0.05) is 17.7 Å². The lowest BCUT2D eigenvalue weighted by molar-refractivity contribution is -0.138. The third-order valence-corrected chi connectivity index (χ3v) is 2.05. The first-order chi connectivity index (χ1) is 6.50. The molecule has 1 rings (SSSR count). The molecular formula is C9H10Cl2FNO2. The lowest BCUT2D eigenvalue weighted by atomic mass is 10.1. The number of aliphatic carboxylic acids is 1. The van der Waals surface area contributed by atoms with Crippen LogP contribution in [0.25, 0.3) is 0 Å². The highest BCUT2D eigenvalue weighted by Gasteiger charge is 2.12. The van der Waals surface area contributed by atoms with Gasteiger partial charge in [-0.3, -0.25) is 4.79 Å². The molecule has 0 saturated carbocycles. The highest BCUT2D eigenvalue weighted by Crippen LogP contribution is 2.16. The second-order valence-corrected chi connectivity index (χ2v) is 3.30. The molecule has 1 atom stereocenters. The molecule has 0 amide bonds. The van der Waals surface area contributed by atoms with Crippen LogP contribution < -0.4 is 5.73 Å². The van der Waals surface area contributed by atoms with Gasteiger partial charge in [-0.2, -0.15) is 0 Å². The zero-order valence-corrected chi connectivity index (χ0v) is 9.19. The van der Waals surface area contributed by atoms with Crippen molar-refractivity contribution >= 4 is 30.0 Å². The maximum atomic E-state index is 12.7. The molecule has 0 aliphatic heterocycles. The predicted molar refractivity (Wildman–Crippen MR) is 58.0 cm³/mol. The van der Waals surface area contributed by atoms with E-state index in [2.05, 4.69) is 0 Å². The van der Waals surface area contributed by atoms with Crippen molar-refractivity contribution in [3.8, 4) is 0 Å². The highest BCUT2D eigenvalue weighted by atomic mass is 35.5. The van der Waals surface area contributed by atoms with E-state index in [1.165, 1.54) is 18.2 Å². The molecule has 0 aliphatic rings. The summed E-state index contributed by atoms with van der Waals surface area (Å²) in [4.78, 5) is 10.4. The largest absolute Gasteiger partial charge is 0.480 e. The van der Waals surface area contributed by atoms with Crippen LogP contribution in [0.1, 0.15) is 5.56 Å². The molecular weight excluding hydrogens is 244 g/mol. The van der Waals surface area contributed by atoms with Gasteiger partial charge in [-0.25, -0.2) is 4.39 Å². The summed E-state index contributed by atoms with van der Waals surface area (Å²) in [5, 5.41) is 8.51. The average molecular weight is 254 g/mol. The molecule has 3 N–H and O–H groups in total. The summed E-state index contributed by atoms with van der Waals surface area (Å²) in [6.45, 7) is 0. The van der Waals surface area contributed by atoms with Gasteiger partial charge in [0.05, 0.1) is 5.02 Å². The van der Waals surface area contributed by atoms with Crippen molar-refractivity contribution in [1.29, 1.82) is 0 Å². The number of benzene rings is 1. The topological polar surface area (TPSA) is 63.3 Å². The molecule has 6 heteroatoms. The molecule has 0 radical (unpaired) electrons. The smallest absolute Gasteiger partial charge is 0.320 e. The molecule has 84 valence electrons. The Morgan fingerprint density at radius 3 is 2.67 bits per heavy atom. The summed E-state index contributed by atoms with van der Waals surface area (Å²) in [7, 11) is 0. The summed E-state index contributed by atoms with van der Waals surface area (Å²) in [5.41, 5.74) is 5.90. The molecule has 3 nitrogen and oxygen atoms in total. The van der Waals surface area contributed by atoms with Gasteiger partial charge in [-0.05, 0) is 24.1 Å². The summed E-state index contributed by atoms with van der Waals surface area (Å²) in [6.07, 6.45) is 0.134. The van der Waals surface area contributed by atoms with Crippen molar-refractivity contribution in [2.75, 3.05) is 0 Å². The molecule has 0 heterocycles. The Labute approximate surface area is 97.4 Å². The average Bonchev–Trinajstić information content (AvgIpc) is 2.11. The number of carboxylic acid groups (broad SMARTS) is 1. The Hall–Kier alpha value is -0.840. The van der Waals surface area contributed by atoms with Crippen molar-refractivity contribution in [2.24, 2.45) is 5.73 Å². The van der Waals surface area contributed by atoms with E-state index in [1.807, 2.05) is 0 Å². The fourth-order valence-electron chi connectivity index (χ4n) is 1.01. The van der Waals surface area contributed by atoms with Crippen LogP contribution in [0.5, 0.6) is 0 Å². The van der Waals surface area contributed by atoms with Crippen LogP contribution in [0, 0.1) is 5.82 Å². The number of carbonyl (C=O) groups is 1. The second-order valence-electron chi connectivity index (χ2n) is 2.90. The number of rotatable bonds is 3. The quantitative estimate of drug-likeness (QED) is 0.865. The number of hydrogen-bond donors (Lipinski definition) is 2. The second kappa shape index (κ2) is 5.90. The van der Waals surface area contributed by atoms with E-state index in [-0.39, 0.29) is 23.9 Å². The van der Waals surface area contributed by atoms with Crippen molar-refractivity contribution in [1.82, 2.24) is 0 Å². The SMILES string of the molecule is Cl.N[C@@H](Cc1ccc(F)c(Cl)c1)C(=O)O. The Bertz CT molecular complexity index is 360. The highest BCUT2D eigenvalue weighted by molar-refractivity contribution is 6.30. The molecule has 1 aromatic rings. The maximum absolute atomic E-state index is 12.7. The maximum Gasteiger partial charge on any atom is 0.320 e. The fourth-order valence-corrected chi connectivity index (χ4v) is 1.21. The summed E-state index contributed by atoms with van der Waals surface area (Å²) in [5.74, 6) is -1.62. The van der Waals surface area contributed by atoms with Gasteiger partial charge in [0.2, 0.25) is 0 Å². The van der Waals surface area contributed by atoms with Crippen LogP contribution in [0.2, 0.25) is 5.02 Å². The first-order valence-electron chi connectivity index (χ1n) is 3.93. The van der Waals surface area contributed by atoms with E-state index in [1.54, 1.807) is 0 Å². The Morgan fingerprint density at radius 1 is 1.60 bits per heavy atom. The molecule has 0 aromatic heterocycles. The van der Waals surface area contributed by atoms with Gasteiger partial charge in [0.15, 0.2) is 0 Å². The van der Waals surface area contributed by atoms with E-state index in [0.29, 0.717) is 5.56 Å². The molecule has 0 spiro atoms. The van der Waals surface area contributed by atoms with Crippen LogP contribution in [-0.2, 0) is 11.2 Å². The van der Waals surface area contributed by atoms with Gasteiger partial charge >= 0.3 is 5.97 Å². The van der Waals surface area contributed by atoms with E-state index in [0.717, 1.165) is 0 Å².